The fraction of sp³-hybridized carbons (Fsp3) is 0.250. The number of aromatic nitrogens is 2. The van der Waals surface area contributed by atoms with Gasteiger partial charge in [0.15, 0.2) is 5.82 Å². The monoisotopic (exact) mass is 449 g/mol. The quantitative estimate of drug-likeness (QED) is 0.450. The number of hydrogen-bond acceptors (Lipinski definition) is 7. The molecule has 0 spiro atoms. The minimum atomic E-state index is -0.717. The van der Waals surface area contributed by atoms with E-state index in [1.807, 2.05) is 18.2 Å². The molecule has 170 valence electrons. The van der Waals surface area contributed by atoms with E-state index in [4.69, 9.17) is 16.2 Å². The number of nitrogens with two attached hydrogens (primary N) is 2. The van der Waals surface area contributed by atoms with Gasteiger partial charge in [0.05, 0.1) is 12.6 Å². The molecule has 0 fully saturated rings. The van der Waals surface area contributed by atoms with Crippen LogP contribution in [0, 0.1) is 5.82 Å². The van der Waals surface area contributed by atoms with Crippen LogP contribution in [0.15, 0.2) is 48.5 Å². The number of hydrogen-bond donors (Lipinski definition) is 3. The zero-order valence-corrected chi connectivity index (χ0v) is 17.8. The third-order valence-corrected chi connectivity index (χ3v) is 5.56. The number of fused-ring (bicyclic) bond motifs is 1. The van der Waals surface area contributed by atoms with Gasteiger partial charge in [0.25, 0.3) is 5.91 Å². The summed E-state index contributed by atoms with van der Waals surface area (Å²) in [6, 6.07) is 12.9. The molecular weight excluding hydrogens is 425 g/mol. The van der Waals surface area contributed by atoms with E-state index in [1.165, 1.54) is 18.2 Å². The van der Waals surface area contributed by atoms with Crippen molar-refractivity contribution in [2.24, 2.45) is 11.5 Å². The number of rotatable bonds is 8. The number of halogens is 1. The van der Waals surface area contributed by atoms with Gasteiger partial charge in [0.1, 0.15) is 29.4 Å². The standard InChI is InChI=1S/C24H24FN5O3/c25-17-4-1-14(2-5-17)9-15-7-8-33-21-10-16(3-6-19(15)21)24-29-20(23(27)32)11-22(30-24)28-18(12-26)13-31/h1-6,10-11,13,15,18H,7-9,12,26H2,(H2,27,32)(H,28,29,30)/t15?,18-/m0/s1. The molecule has 0 radical (unpaired) electrons. The van der Waals surface area contributed by atoms with Crippen molar-refractivity contribution in [3.63, 3.8) is 0 Å². The highest BCUT2D eigenvalue weighted by Crippen LogP contribution is 2.38. The summed E-state index contributed by atoms with van der Waals surface area (Å²) in [4.78, 5) is 31.6. The van der Waals surface area contributed by atoms with Gasteiger partial charge in [0.2, 0.25) is 0 Å². The zero-order valence-electron chi connectivity index (χ0n) is 17.8. The molecule has 4 rings (SSSR count). The van der Waals surface area contributed by atoms with Crippen molar-refractivity contribution < 1.29 is 18.7 Å². The third-order valence-electron chi connectivity index (χ3n) is 5.56. The van der Waals surface area contributed by atoms with Crippen molar-refractivity contribution in [3.8, 4) is 17.1 Å². The number of benzene rings is 2. The molecule has 1 amide bonds. The largest absolute Gasteiger partial charge is 0.493 e. The molecule has 8 nitrogen and oxygen atoms in total. The number of carbonyl (C=O) groups excluding carboxylic acids is 2. The Hall–Kier alpha value is -3.85. The molecule has 0 bridgehead atoms. The summed E-state index contributed by atoms with van der Waals surface area (Å²) in [6.45, 7) is 0.617. The Bertz CT molecular complexity index is 1170. The second-order valence-corrected chi connectivity index (χ2v) is 7.87. The molecule has 0 saturated heterocycles. The first kappa shape index (κ1) is 22.3. The van der Waals surface area contributed by atoms with Crippen LogP contribution in [0.1, 0.15) is 34.0 Å². The first-order valence-electron chi connectivity index (χ1n) is 10.6. The third kappa shape index (κ3) is 5.15. The molecule has 1 aliphatic rings. The predicted molar refractivity (Wildman–Crippen MR) is 121 cm³/mol. The van der Waals surface area contributed by atoms with Crippen LogP contribution >= 0.6 is 0 Å². The maximum atomic E-state index is 13.2. The summed E-state index contributed by atoms with van der Waals surface area (Å²) in [5.41, 5.74) is 13.7. The Morgan fingerprint density at radius 3 is 2.70 bits per heavy atom. The smallest absolute Gasteiger partial charge is 0.267 e. The molecule has 3 aromatic rings. The highest BCUT2D eigenvalue weighted by Gasteiger charge is 2.23. The fourth-order valence-corrected chi connectivity index (χ4v) is 3.83. The molecule has 1 aromatic heterocycles. The summed E-state index contributed by atoms with van der Waals surface area (Å²) < 4.78 is 19.1. The van der Waals surface area contributed by atoms with Crippen LogP contribution in [-0.4, -0.2) is 41.4 Å². The van der Waals surface area contributed by atoms with Crippen molar-refractivity contribution in [2.45, 2.75) is 24.8 Å². The number of anilines is 1. The Kier molecular flexibility index (Phi) is 6.60. The average Bonchev–Trinajstić information content (AvgIpc) is 2.83. The Morgan fingerprint density at radius 1 is 1.21 bits per heavy atom. The van der Waals surface area contributed by atoms with E-state index in [9.17, 15) is 14.0 Å². The molecule has 0 saturated carbocycles. The van der Waals surface area contributed by atoms with Crippen LogP contribution in [-0.2, 0) is 11.2 Å². The molecule has 2 heterocycles. The summed E-state index contributed by atoms with van der Waals surface area (Å²) in [5, 5.41) is 2.87. The molecule has 0 aliphatic carbocycles. The lowest BCUT2D eigenvalue weighted by molar-refractivity contribution is -0.108. The molecular formula is C24H24FN5O3. The van der Waals surface area contributed by atoms with Gasteiger partial charge in [0, 0.05) is 18.2 Å². The average molecular weight is 449 g/mol. The lowest BCUT2D eigenvalue weighted by Crippen LogP contribution is -2.30. The van der Waals surface area contributed by atoms with Crippen LogP contribution in [0.4, 0.5) is 10.2 Å². The maximum Gasteiger partial charge on any atom is 0.267 e. The summed E-state index contributed by atoms with van der Waals surface area (Å²) >= 11 is 0. The van der Waals surface area contributed by atoms with Gasteiger partial charge in [-0.05, 0) is 48.1 Å². The number of nitrogens with one attached hydrogen (secondary N) is 1. The molecule has 5 N–H and O–H groups in total. The lowest BCUT2D eigenvalue weighted by atomic mass is 9.87. The Balaban J connectivity index is 1.65. The van der Waals surface area contributed by atoms with Gasteiger partial charge in [-0.2, -0.15) is 0 Å². The predicted octanol–water partition coefficient (Wildman–Crippen LogP) is 2.43. The molecule has 1 aliphatic heterocycles. The van der Waals surface area contributed by atoms with Gasteiger partial charge in [-0.3, -0.25) is 4.79 Å². The minimum Gasteiger partial charge on any atom is -0.493 e. The molecule has 9 heteroatoms. The van der Waals surface area contributed by atoms with Crippen molar-refractivity contribution in [3.05, 3.63) is 71.2 Å². The number of amides is 1. The van der Waals surface area contributed by atoms with Crippen molar-refractivity contribution in [2.75, 3.05) is 18.5 Å². The summed E-state index contributed by atoms with van der Waals surface area (Å²) in [6.07, 6.45) is 2.28. The molecule has 1 unspecified atom stereocenters. The van der Waals surface area contributed by atoms with E-state index in [0.29, 0.717) is 24.2 Å². The maximum absolute atomic E-state index is 13.2. The van der Waals surface area contributed by atoms with Crippen LogP contribution < -0.4 is 21.5 Å². The van der Waals surface area contributed by atoms with Gasteiger partial charge < -0.3 is 26.3 Å². The Morgan fingerprint density at radius 2 is 2.00 bits per heavy atom. The van der Waals surface area contributed by atoms with E-state index in [2.05, 4.69) is 15.3 Å². The SMILES string of the molecule is NC[C@@H](C=O)Nc1cc(C(N)=O)nc(-c2ccc3c(c2)OCCC3Cc2ccc(F)cc2)n1. The summed E-state index contributed by atoms with van der Waals surface area (Å²) in [7, 11) is 0. The first-order chi connectivity index (χ1) is 16.0. The first-order valence-corrected chi connectivity index (χ1v) is 10.6. The highest BCUT2D eigenvalue weighted by atomic mass is 19.1. The van der Waals surface area contributed by atoms with Crippen LogP contribution in [0.5, 0.6) is 5.75 Å². The van der Waals surface area contributed by atoms with Crippen LogP contribution in [0.25, 0.3) is 11.4 Å². The topological polar surface area (TPSA) is 133 Å². The fourth-order valence-electron chi connectivity index (χ4n) is 3.83. The van der Waals surface area contributed by atoms with Crippen LogP contribution in [0.2, 0.25) is 0 Å². The zero-order chi connectivity index (χ0) is 23.4. The number of nitrogens with zero attached hydrogens (tertiary/aromatic N) is 2. The van der Waals surface area contributed by atoms with Gasteiger partial charge in [-0.25, -0.2) is 14.4 Å². The summed E-state index contributed by atoms with van der Waals surface area (Å²) in [5.74, 6) is 0.494. The second kappa shape index (κ2) is 9.74. The normalized spacial score (nSPS) is 15.8. The molecule has 33 heavy (non-hydrogen) atoms. The van der Waals surface area contributed by atoms with E-state index >= 15 is 0 Å². The van der Waals surface area contributed by atoms with E-state index in [1.54, 1.807) is 12.1 Å². The van der Waals surface area contributed by atoms with Crippen molar-refractivity contribution in [1.29, 1.82) is 0 Å². The highest BCUT2D eigenvalue weighted by molar-refractivity contribution is 5.92. The number of carbonyl (C=O) groups is 2. The Labute approximate surface area is 190 Å². The van der Waals surface area contributed by atoms with Crippen molar-refractivity contribution in [1.82, 2.24) is 9.97 Å². The van der Waals surface area contributed by atoms with Gasteiger partial charge in [-0.15, -0.1) is 0 Å². The minimum absolute atomic E-state index is 0.0111. The number of aldehydes is 1. The van der Waals surface area contributed by atoms with E-state index in [-0.39, 0.29) is 35.6 Å². The second-order valence-electron chi connectivity index (χ2n) is 7.87. The van der Waals surface area contributed by atoms with Gasteiger partial charge >= 0.3 is 0 Å². The van der Waals surface area contributed by atoms with E-state index < -0.39 is 11.9 Å². The van der Waals surface area contributed by atoms with Crippen LogP contribution in [0.3, 0.4) is 0 Å². The van der Waals surface area contributed by atoms with Gasteiger partial charge in [-0.1, -0.05) is 24.3 Å². The van der Waals surface area contributed by atoms with E-state index in [0.717, 1.165) is 24.0 Å². The number of primary amides is 1. The lowest BCUT2D eigenvalue weighted by Gasteiger charge is -2.26. The van der Waals surface area contributed by atoms with Crippen molar-refractivity contribution >= 4 is 18.0 Å². The molecule has 2 aromatic carbocycles. The molecule has 2 atom stereocenters. The number of ether oxygens (including phenoxy) is 1.